The van der Waals surface area contributed by atoms with E-state index in [1.807, 2.05) is 0 Å². The second kappa shape index (κ2) is 8.45. The number of unbranched alkanes of at least 4 members (excludes halogenated alkanes) is 1. The zero-order valence-corrected chi connectivity index (χ0v) is 10.2. The number of ether oxygens (including phenoxy) is 2. The molecule has 3 heteroatoms. The predicted octanol–water partition coefficient (Wildman–Crippen LogP) is 3.26. The maximum Gasteiger partial charge on any atom is 0.157 e. The predicted molar refractivity (Wildman–Crippen MR) is 61.7 cm³/mol. The molecule has 1 saturated heterocycles. The van der Waals surface area contributed by atoms with Gasteiger partial charge in [0.2, 0.25) is 0 Å². The minimum absolute atomic E-state index is 0.0459. The molecular formula is C11H19BrO2. The molecule has 0 aromatic heterocycles. The number of rotatable bonds is 6. The monoisotopic (exact) mass is 262 g/mol. The molecule has 1 fully saturated rings. The van der Waals surface area contributed by atoms with E-state index in [1.54, 1.807) is 0 Å². The van der Waals surface area contributed by atoms with Crippen molar-refractivity contribution in [3.8, 4) is 0 Å². The molecule has 0 bridgehead atoms. The molecule has 0 spiro atoms. The molecule has 2 nitrogen and oxygen atoms in total. The van der Waals surface area contributed by atoms with Crippen molar-refractivity contribution < 1.29 is 9.47 Å². The van der Waals surface area contributed by atoms with E-state index >= 15 is 0 Å². The summed E-state index contributed by atoms with van der Waals surface area (Å²) < 4.78 is 11.0. The Morgan fingerprint density at radius 1 is 1.36 bits per heavy atom. The van der Waals surface area contributed by atoms with Crippen LogP contribution < -0.4 is 0 Å². The number of hydrogen-bond donors (Lipinski definition) is 0. The fourth-order valence-electron chi connectivity index (χ4n) is 1.39. The SMILES string of the molecule is BrCCC/C=C/CO[C@@H]1CCCCO1. The van der Waals surface area contributed by atoms with Gasteiger partial charge in [0.05, 0.1) is 6.61 Å². The highest BCUT2D eigenvalue weighted by atomic mass is 79.9. The highest BCUT2D eigenvalue weighted by molar-refractivity contribution is 9.09. The third kappa shape index (κ3) is 5.78. The van der Waals surface area contributed by atoms with E-state index in [0.29, 0.717) is 6.61 Å². The molecule has 1 aliphatic heterocycles. The molecule has 1 aliphatic rings. The second-order valence-corrected chi connectivity index (χ2v) is 4.23. The van der Waals surface area contributed by atoms with Crippen molar-refractivity contribution in [2.45, 2.75) is 38.4 Å². The van der Waals surface area contributed by atoms with Gasteiger partial charge < -0.3 is 9.47 Å². The van der Waals surface area contributed by atoms with E-state index in [2.05, 4.69) is 28.1 Å². The molecule has 14 heavy (non-hydrogen) atoms. The molecule has 1 atom stereocenters. The van der Waals surface area contributed by atoms with Gasteiger partial charge in [0.25, 0.3) is 0 Å². The topological polar surface area (TPSA) is 18.5 Å². The summed E-state index contributed by atoms with van der Waals surface area (Å²) in [6, 6.07) is 0. The van der Waals surface area contributed by atoms with Gasteiger partial charge in [0.1, 0.15) is 0 Å². The van der Waals surface area contributed by atoms with E-state index in [-0.39, 0.29) is 6.29 Å². The van der Waals surface area contributed by atoms with Crippen molar-refractivity contribution in [2.75, 3.05) is 18.5 Å². The van der Waals surface area contributed by atoms with Crippen LogP contribution in [0, 0.1) is 0 Å². The number of hydrogen-bond acceptors (Lipinski definition) is 2. The molecule has 1 rings (SSSR count). The first-order valence-corrected chi connectivity index (χ1v) is 6.50. The Morgan fingerprint density at radius 3 is 3.00 bits per heavy atom. The first kappa shape index (κ1) is 12.2. The van der Waals surface area contributed by atoms with E-state index in [0.717, 1.165) is 24.8 Å². The molecule has 0 N–H and O–H groups in total. The normalized spacial score (nSPS) is 23.1. The quantitative estimate of drug-likeness (QED) is 0.416. The summed E-state index contributed by atoms with van der Waals surface area (Å²) in [5.41, 5.74) is 0. The van der Waals surface area contributed by atoms with Gasteiger partial charge in [-0.05, 0) is 32.1 Å². The Hall–Kier alpha value is 0.140. The molecule has 0 unspecified atom stereocenters. The van der Waals surface area contributed by atoms with Crippen molar-refractivity contribution in [2.24, 2.45) is 0 Å². The standard InChI is InChI=1S/C11H19BrO2/c12-8-4-1-2-5-9-13-11-7-3-6-10-14-11/h2,5,11H,1,3-4,6-10H2/b5-2+/t11-/m0/s1. The van der Waals surface area contributed by atoms with Crippen LogP contribution in [0.4, 0.5) is 0 Å². The lowest BCUT2D eigenvalue weighted by atomic mass is 10.2. The molecule has 0 saturated carbocycles. The van der Waals surface area contributed by atoms with Crippen molar-refractivity contribution in [1.29, 1.82) is 0 Å². The van der Waals surface area contributed by atoms with Crippen LogP contribution in [0.1, 0.15) is 32.1 Å². The third-order valence-corrected chi connectivity index (χ3v) is 2.75. The highest BCUT2D eigenvalue weighted by Gasteiger charge is 2.12. The van der Waals surface area contributed by atoms with Crippen LogP contribution in [0.25, 0.3) is 0 Å². The zero-order valence-electron chi connectivity index (χ0n) is 8.58. The van der Waals surface area contributed by atoms with Gasteiger partial charge in [-0.25, -0.2) is 0 Å². The molecule has 0 aliphatic carbocycles. The first-order chi connectivity index (χ1) is 6.93. The van der Waals surface area contributed by atoms with Gasteiger partial charge in [-0.3, -0.25) is 0 Å². The molecule has 1 heterocycles. The molecule has 82 valence electrons. The van der Waals surface area contributed by atoms with Crippen LogP contribution in [-0.2, 0) is 9.47 Å². The molecule has 0 amide bonds. The highest BCUT2D eigenvalue weighted by Crippen LogP contribution is 2.13. The van der Waals surface area contributed by atoms with Crippen LogP contribution in [0.5, 0.6) is 0 Å². The average molecular weight is 263 g/mol. The largest absolute Gasteiger partial charge is 0.353 e. The summed E-state index contributed by atoms with van der Waals surface area (Å²) in [7, 11) is 0. The second-order valence-electron chi connectivity index (χ2n) is 3.43. The van der Waals surface area contributed by atoms with Gasteiger partial charge in [-0.15, -0.1) is 0 Å². The Morgan fingerprint density at radius 2 is 2.29 bits per heavy atom. The Kier molecular flexibility index (Phi) is 7.37. The number of alkyl halides is 1. The van der Waals surface area contributed by atoms with Crippen molar-refractivity contribution in [3.05, 3.63) is 12.2 Å². The van der Waals surface area contributed by atoms with Crippen LogP contribution in [0.15, 0.2) is 12.2 Å². The van der Waals surface area contributed by atoms with Gasteiger partial charge >= 0.3 is 0 Å². The summed E-state index contributed by atoms with van der Waals surface area (Å²) in [6.45, 7) is 1.55. The summed E-state index contributed by atoms with van der Waals surface area (Å²) >= 11 is 3.40. The van der Waals surface area contributed by atoms with Crippen molar-refractivity contribution >= 4 is 15.9 Å². The van der Waals surface area contributed by atoms with E-state index in [4.69, 9.17) is 9.47 Å². The third-order valence-electron chi connectivity index (χ3n) is 2.19. The summed E-state index contributed by atoms with van der Waals surface area (Å²) in [5, 5.41) is 1.07. The first-order valence-electron chi connectivity index (χ1n) is 5.37. The lowest BCUT2D eigenvalue weighted by molar-refractivity contribution is -0.155. The fourth-order valence-corrected chi connectivity index (χ4v) is 1.71. The number of allylic oxidation sites excluding steroid dienone is 1. The van der Waals surface area contributed by atoms with E-state index < -0.39 is 0 Å². The summed E-state index contributed by atoms with van der Waals surface area (Å²) in [4.78, 5) is 0. The summed E-state index contributed by atoms with van der Waals surface area (Å²) in [6.07, 6.45) is 10.1. The maximum absolute atomic E-state index is 5.54. The number of halogens is 1. The molecule has 0 aromatic carbocycles. The summed E-state index contributed by atoms with van der Waals surface area (Å²) in [5.74, 6) is 0. The van der Waals surface area contributed by atoms with Crippen LogP contribution >= 0.6 is 15.9 Å². The van der Waals surface area contributed by atoms with E-state index in [1.165, 1.54) is 19.3 Å². The molecule has 0 aromatic rings. The maximum atomic E-state index is 5.54. The van der Waals surface area contributed by atoms with Gasteiger partial charge in [-0.2, -0.15) is 0 Å². The minimum Gasteiger partial charge on any atom is -0.353 e. The van der Waals surface area contributed by atoms with Crippen LogP contribution in [0.2, 0.25) is 0 Å². The Balaban J connectivity index is 1.94. The van der Waals surface area contributed by atoms with Gasteiger partial charge in [0, 0.05) is 11.9 Å². The minimum atomic E-state index is 0.0459. The zero-order chi connectivity index (χ0) is 10.1. The Bertz CT molecular complexity index is 153. The average Bonchev–Trinajstić information content (AvgIpc) is 2.25. The smallest absolute Gasteiger partial charge is 0.157 e. The van der Waals surface area contributed by atoms with E-state index in [9.17, 15) is 0 Å². The molecule has 0 radical (unpaired) electrons. The van der Waals surface area contributed by atoms with Crippen LogP contribution in [-0.4, -0.2) is 24.8 Å². The molecular weight excluding hydrogens is 244 g/mol. The van der Waals surface area contributed by atoms with Gasteiger partial charge in [0.15, 0.2) is 6.29 Å². The Labute approximate surface area is 94.8 Å². The lowest BCUT2D eigenvalue weighted by Crippen LogP contribution is -2.22. The fraction of sp³-hybridized carbons (Fsp3) is 0.818. The van der Waals surface area contributed by atoms with Crippen molar-refractivity contribution in [1.82, 2.24) is 0 Å². The van der Waals surface area contributed by atoms with Crippen molar-refractivity contribution in [3.63, 3.8) is 0 Å². The van der Waals surface area contributed by atoms with Gasteiger partial charge in [-0.1, -0.05) is 28.1 Å². The van der Waals surface area contributed by atoms with Crippen LogP contribution in [0.3, 0.4) is 0 Å². The lowest BCUT2D eigenvalue weighted by Gasteiger charge is -2.21.